The minimum atomic E-state index is -0.379. The van der Waals surface area contributed by atoms with Gasteiger partial charge in [0.15, 0.2) is 0 Å². The maximum atomic E-state index is 11.9. The number of carbonyl (C=O) groups excluding carboxylic acids is 1. The summed E-state index contributed by atoms with van der Waals surface area (Å²) >= 11 is 0. The van der Waals surface area contributed by atoms with Crippen LogP contribution < -0.4 is 5.32 Å². The topological polar surface area (TPSA) is 78.0 Å². The number of carbonyl (C=O) groups is 1. The summed E-state index contributed by atoms with van der Waals surface area (Å²) in [4.78, 5) is 19.0. The van der Waals surface area contributed by atoms with Gasteiger partial charge in [0.05, 0.1) is 23.5 Å². The monoisotopic (exact) mass is 261 g/mol. The highest BCUT2D eigenvalue weighted by Crippen LogP contribution is 2.11. The number of fused-ring (bicyclic) bond motifs is 1. The van der Waals surface area contributed by atoms with Gasteiger partial charge in [0.25, 0.3) is 5.91 Å². The number of aromatic amines is 1. The second-order valence-electron chi connectivity index (χ2n) is 4.99. The third kappa shape index (κ3) is 3.32. The molecule has 0 aliphatic heterocycles. The summed E-state index contributed by atoms with van der Waals surface area (Å²) in [6.45, 7) is 4.39. The van der Waals surface area contributed by atoms with Gasteiger partial charge in [0.1, 0.15) is 0 Å². The van der Waals surface area contributed by atoms with E-state index in [-0.39, 0.29) is 17.9 Å². The first-order chi connectivity index (χ1) is 9.08. The van der Waals surface area contributed by atoms with Crippen LogP contribution in [0.25, 0.3) is 11.0 Å². The zero-order chi connectivity index (χ0) is 13.8. The van der Waals surface area contributed by atoms with Crippen LogP contribution in [0.3, 0.4) is 0 Å². The molecule has 0 bridgehead atoms. The van der Waals surface area contributed by atoms with Crippen molar-refractivity contribution in [1.29, 1.82) is 0 Å². The van der Waals surface area contributed by atoms with Crippen LogP contribution in [-0.4, -0.2) is 33.6 Å². The van der Waals surface area contributed by atoms with Crippen molar-refractivity contribution in [2.45, 2.75) is 26.4 Å². The lowest BCUT2D eigenvalue weighted by molar-refractivity contribution is 0.0920. The van der Waals surface area contributed by atoms with Crippen LogP contribution >= 0.6 is 0 Å². The van der Waals surface area contributed by atoms with E-state index in [9.17, 15) is 9.90 Å². The summed E-state index contributed by atoms with van der Waals surface area (Å²) < 4.78 is 0. The molecule has 1 atom stereocenters. The van der Waals surface area contributed by atoms with Gasteiger partial charge in [-0.15, -0.1) is 0 Å². The zero-order valence-corrected chi connectivity index (χ0v) is 11.2. The average Bonchev–Trinajstić information content (AvgIpc) is 2.85. The minimum absolute atomic E-state index is 0.132. The first kappa shape index (κ1) is 13.5. The number of H-pyrrole nitrogens is 1. The molecular weight excluding hydrogens is 242 g/mol. The largest absolute Gasteiger partial charge is 0.393 e. The molecule has 2 aromatic rings. The van der Waals surface area contributed by atoms with Gasteiger partial charge in [-0.05, 0) is 30.5 Å². The van der Waals surface area contributed by atoms with E-state index in [4.69, 9.17) is 0 Å². The molecule has 0 radical (unpaired) electrons. The number of nitrogens with one attached hydrogen (secondary N) is 2. The van der Waals surface area contributed by atoms with Crippen molar-refractivity contribution in [3.8, 4) is 0 Å². The number of aliphatic hydroxyl groups is 1. The lowest BCUT2D eigenvalue weighted by Crippen LogP contribution is -2.28. The smallest absolute Gasteiger partial charge is 0.251 e. The highest BCUT2D eigenvalue weighted by Gasteiger charge is 2.11. The number of aromatic nitrogens is 2. The number of imidazole rings is 1. The molecule has 0 saturated carbocycles. The van der Waals surface area contributed by atoms with Gasteiger partial charge >= 0.3 is 0 Å². The van der Waals surface area contributed by atoms with Crippen molar-refractivity contribution in [3.05, 3.63) is 30.1 Å². The predicted molar refractivity (Wildman–Crippen MR) is 73.9 cm³/mol. The molecule has 0 aliphatic rings. The zero-order valence-electron chi connectivity index (χ0n) is 11.2. The summed E-state index contributed by atoms with van der Waals surface area (Å²) in [7, 11) is 0. The van der Waals surface area contributed by atoms with E-state index in [1.54, 1.807) is 18.5 Å². The molecule has 2 rings (SSSR count). The Balaban J connectivity index is 1.92. The van der Waals surface area contributed by atoms with Crippen molar-refractivity contribution < 1.29 is 9.90 Å². The fraction of sp³-hybridized carbons (Fsp3) is 0.429. The van der Waals surface area contributed by atoms with Gasteiger partial charge in [-0.2, -0.15) is 0 Å². The van der Waals surface area contributed by atoms with E-state index >= 15 is 0 Å². The molecular formula is C14H19N3O2. The van der Waals surface area contributed by atoms with Crippen LogP contribution in [0.15, 0.2) is 24.5 Å². The summed E-state index contributed by atoms with van der Waals surface area (Å²) in [6, 6.07) is 5.33. The van der Waals surface area contributed by atoms with Crippen LogP contribution in [0.1, 0.15) is 30.6 Å². The van der Waals surface area contributed by atoms with Crippen molar-refractivity contribution in [2.24, 2.45) is 5.92 Å². The lowest BCUT2D eigenvalue weighted by Gasteiger charge is -2.14. The molecule has 3 N–H and O–H groups in total. The van der Waals surface area contributed by atoms with E-state index < -0.39 is 0 Å². The van der Waals surface area contributed by atoms with Crippen LogP contribution in [0.2, 0.25) is 0 Å². The molecule has 1 unspecified atom stereocenters. The third-order valence-electron chi connectivity index (χ3n) is 3.18. The Hall–Kier alpha value is -1.88. The first-order valence-electron chi connectivity index (χ1n) is 6.47. The van der Waals surface area contributed by atoms with Crippen molar-refractivity contribution >= 4 is 16.9 Å². The maximum Gasteiger partial charge on any atom is 0.251 e. The molecule has 0 spiro atoms. The van der Waals surface area contributed by atoms with Crippen molar-refractivity contribution in [3.63, 3.8) is 0 Å². The molecule has 1 heterocycles. The van der Waals surface area contributed by atoms with Gasteiger partial charge in [-0.3, -0.25) is 4.79 Å². The lowest BCUT2D eigenvalue weighted by atomic mass is 10.0. The average molecular weight is 261 g/mol. The summed E-state index contributed by atoms with van der Waals surface area (Å²) in [5, 5.41) is 12.5. The highest BCUT2D eigenvalue weighted by molar-refractivity contribution is 5.97. The van der Waals surface area contributed by atoms with Gasteiger partial charge < -0.3 is 15.4 Å². The Morgan fingerprint density at radius 3 is 3.00 bits per heavy atom. The number of rotatable bonds is 5. The molecule has 1 amide bonds. The van der Waals surface area contributed by atoms with E-state index in [0.717, 1.165) is 11.0 Å². The SMILES string of the molecule is CC(C)C(O)CCNC(=O)c1ccc2nc[nH]c2c1. The maximum absolute atomic E-state index is 11.9. The molecule has 19 heavy (non-hydrogen) atoms. The van der Waals surface area contributed by atoms with E-state index in [2.05, 4.69) is 15.3 Å². The number of nitrogens with zero attached hydrogens (tertiary/aromatic N) is 1. The first-order valence-corrected chi connectivity index (χ1v) is 6.47. The fourth-order valence-corrected chi connectivity index (χ4v) is 1.85. The van der Waals surface area contributed by atoms with E-state index in [0.29, 0.717) is 18.5 Å². The molecule has 0 fully saturated rings. The van der Waals surface area contributed by atoms with E-state index in [1.165, 1.54) is 0 Å². The number of hydrogen-bond acceptors (Lipinski definition) is 3. The number of hydrogen-bond donors (Lipinski definition) is 3. The second kappa shape index (κ2) is 5.84. The van der Waals surface area contributed by atoms with Crippen LogP contribution in [0.4, 0.5) is 0 Å². The van der Waals surface area contributed by atoms with Crippen LogP contribution in [-0.2, 0) is 0 Å². The Morgan fingerprint density at radius 1 is 1.47 bits per heavy atom. The summed E-state index contributed by atoms with van der Waals surface area (Å²) in [5.74, 6) is 0.0747. The Morgan fingerprint density at radius 2 is 2.26 bits per heavy atom. The van der Waals surface area contributed by atoms with Crippen molar-refractivity contribution in [2.75, 3.05) is 6.54 Å². The van der Waals surface area contributed by atoms with Crippen LogP contribution in [0.5, 0.6) is 0 Å². The molecule has 0 aliphatic carbocycles. The second-order valence-corrected chi connectivity index (χ2v) is 4.99. The standard InChI is InChI=1S/C14H19N3O2/c1-9(2)13(18)5-6-15-14(19)10-3-4-11-12(7-10)17-8-16-11/h3-4,7-9,13,18H,5-6H2,1-2H3,(H,15,19)(H,16,17). The molecule has 1 aromatic carbocycles. The molecule has 1 aromatic heterocycles. The van der Waals surface area contributed by atoms with Gasteiger partial charge in [-0.1, -0.05) is 13.8 Å². The Kier molecular flexibility index (Phi) is 4.16. The van der Waals surface area contributed by atoms with Gasteiger partial charge in [0, 0.05) is 12.1 Å². The summed E-state index contributed by atoms with van der Waals surface area (Å²) in [6.07, 6.45) is 1.79. The summed E-state index contributed by atoms with van der Waals surface area (Å²) in [5.41, 5.74) is 2.28. The van der Waals surface area contributed by atoms with Gasteiger partial charge in [-0.25, -0.2) is 4.98 Å². The molecule has 102 valence electrons. The quantitative estimate of drug-likeness (QED) is 0.766. The number of aliphatic hydroxyl groups excluding tert-OH is 1. The van der Waals surface area contributed by atoms with E-state index in [1.807, 2.05) is 19.9 Å². The fourth-order valence-electron chi connectivity index (χ4n) is 1.85. The predicted octanol–water partition coefficient (Wildman–Crippen LogP) is 1.70. The van der Waals surface area contributed by atoms with Crippen LogP contribution in [0, 0.1) is 5.92 Å². The number of benzene rings is 1. The third-order valence-corrected chi connectivity index (χ3v) is 3.18. The molecule has 5 nitrogen and oxygen atoms in total. The minimum Gasteiger partial charge on any atom is -0.393 e. The van der Waals surface area contributed by atoms with Gasteiger partial charge in [0.2, 0.25) is 0 Å². The Bertz CT molecular complexity index is 563. The molecule has 5 heteroatoms. The number of amides is 1. The Labute approximate surface area is 112 Å². The normalized spacial score (nSPS) is 12.8. The molecule has 0 saturated heterocycles. The van der Waals surface area contributed by atoms with Crippen molar-refractivity contribution in [1.82, 2.24) is 15.3 Å². The highest BCUT2D eigenvalue weighted by atomic mass is 16.3.